The lowest BCUT2D eigenvalue weighted by atomic mass is 10.1. The molecule has 0 unspecified atom stereocenters. The molecule has 0 saturated heterocycles. The largest absolute Gasteiger partial charge is 0.480 e. The van der Waals surface area contributed by atoms with E-state index < -0.39 is 26.8 Å². The van der Waals surface area contributed by atoms with Crippen LogP contribution in [0.1, 0.15) is 31.3 Å². The number of hydrogen-bond donors (Lipinski definition) is 0. The van der Waals surface area contributed by atoms with Crippen molar-refractivity contribution in [2.75, 3.05) is 21.3 Å². The maximum atomic E-state index is 13.6. The molecular weight excluding hydrogens is 500 g/mol. The summed E-state index contributed by atoms with van der Waals surface area (Å²) in [5.74, 6) is 0.223. The monoisotopic (exact) mass is 526 g/mol. The molecule has 2 atom stereocenters. The summed E-state index contributed by atoms with van der Waals surface area (Å²) in [7, 11) is 0.589. The molecule has 0 fully saturated rings. The molecule has 0 bridgehead atoms. The van der Waals surface area contributed by atoms with Crippen molar-refractivity contribution in [3.05, 3.63) is 54.8 Å². The van der Waals surface area contributed by atoms with Gasteiger partial charge in [0.1, 0.15) is 12.1 Å². The average molecular weight is 527 g/mol. The lowest BCUT2D eigenvalue weighted by Crippen LogP contribution is -2.27. The molecule has 0 aromatic carbocycles. The highest BCUT2D eigenvalue weighted by molar-refractivity contribution is 7.91. The molecule has 0 N–H and O–H groups in total. The molecule has 0 spiro atoms. The Morgan fingerprint density at radius 1 is 0.919 bits per heavy atom. The fraction of sp³-hybridized carbons (Fsp3) is 0.348. The molecule has 4 rings (SSSR count). The fourth-order valence-electron chi connectivity index (χ4n) is 3.69. The number of nitrogens with zero attached hydrogens (tertiary/aromatic N) is 8. The van der Waals surface area contributed by atoms with Crippen molar-refractivity contribution in [1.82, 2.24) is 39.7 Å². The molecule has 0 aliphatic heterocycles. The molecule has 194 valence electrons. The van der Waals surface area contributed by atoms with Crippen molar-refractivity contribution in [1.29, 1.82) is 0 Å². The van der Waals surface area contributed by atoms with Gasteiger partial charge in [-0.2, -0.15) is 9.97 Å². The van der Waals surface area contributed by atoms with Gasteiger partial charge < -0.3 is 14.2 Å². The number of rotatable bonds is 10. The summed E-state index contributed by atoms with van der Waals surface area (Å²) in [5.41, 5.74) is 1.39. The molecule has 14 heteroatoms. The van der Waals surface area contributed by atoms with Gasteiger partial charge in [-0.3, -0.25) is 14.5 Å². The van der Waals surface area contributed by atoms with Crippen molar-refractivity contribution in [3.63, 3.8) is 0 Å². The van der Waals surface area contributed by atoms with E-state index >= 15 is 0 Å². The number of sulfone groups is 1. The Morgan fingerprint density at radius 2 is 1.65 bits per heavy atom. The number of pyridine rings is 1. The molecule has 0 radical (unpaired) electrons. The van der Waals surface area contributed by atoms with Gasteiger partial charge in [0.2, 0.25) is 17.6 Å². The number of ether oxygens (including phenoxy) is 3. The van der Waals surface area contributed by atoms with E-state index in [1.807, 2.05) is 0 Å². The molecular formula is C23H26N8O5S. The lowest BCUT2D eigenvalue weighted by molar-refractivity contribution is 0.368. The smallest absolute Gasteiger partial charge is 0.245 e. The van der Waals surface area contributed by atoms with Crippen LogP contribution < -0.4 is 14.2 Å². The Hall–Kier alpha value is -4.20. The van der Waals surface area contributed by atoms with E-state index in [-0.39, 0.29) is 23.3 Å². The van der Waals surface area contributed by atoms with Gasteiger partial charge in [-0.1, -0.05) is 6.92 Å². The maximum Gasteiger partial charge on any atom is 0.245 e. The third kappa shape index (κ3) is 5.18. The quantitative estimate of drug-likeness (QED) is 0.297. The van der Waals surface area contributed by atoms with Crippen molar-refractivity contribution in [3.8, 4) is 34.7 Å². The zero-order valence-electron chi connectivity index (χ0n) is 20.9. The summed E-state index contributed by atoms with van der Waals surface area (Å²) in [6.07, 6.45) is 7.46. The van der Waals surface area contributed by atoms with Gasteiger partial charge >= 0.3 is 0 Å². The minimum absolute atomic E-state index is 0.130. The van der Waals surface area contributed by atoms with Gasteiger partial charge in [0.25, 0.3) is 0 Å². The van der Waals surface area contributed by atoms with Gasteiger partial charge in [0.15, 0.2) is 27.2 Å². The fourth-order valence-corrected chi connectivity index (χ4v) is 5.27. The van der Waals surface area contributed by atoms with Crippen LogP contribution in [0.5, 0.6) is 17.6 Å². The number of aromatic nitrogens is 8. The highest BCUT2D eigenvalue weighted by atomic mass is 32.2. The van der Waals surface area contributed by atoms with Crippen molar-refractivity contribution in [2.24, 2.45) is 0 Å². The second kappa shape index (κ2) is 10.8. The Bertz CT molecular complexity index is 1440. The zero-order chi connectivity index (χ0) is 26.6. The summed E-state index contributed by atoms with van der Waals surface area (Å²) in [6, 6.07) is 3.52. The summed E-state index contributed by atoms with van der Waals surface area (Å²) < 4.78 is 44.7. The molecule has 4 heterocycles. The van der Waals surface area contributed by atoms with E-state index in [1.165, 1.54) is 44.6 Å². The van der Waals surface area contributed by atoms with Crippen LogP contribution in [0.15, 0.2) is 43.2 Å². The van der Waals surface area contributed by atoms with Crippen LogP contribution in [0.3, 0.4) is 0 Å². The van der Waals surface area contributed by atoms with E-state index in [0.29, 0.717) is 23.0 Å². The van der Waals surface area contributed by atoms with Crippen LogP contribution in [0, 0.1) is 0 Å². The molecule has 0 aliphatic carbocycles. The summed E-state index contributed by atoms with van der Waals surface area (Å²) in [4.78, 5) is 20.9. The second-order valence-electron chi connectivity index (χ2n) is 8.04. The Morgan fingerprint density at radius 3 is 2.22 bits per heavy atom. The predicted molar refractivity (Wildman–Crippen MR) is 132 cm³/mol. The first-order valence-electron chi connectivity index (χ1n) is 11.2. The van der Waals surface area contributed by atoms with E-state index in [0.717, 1.165) is 0 Å². The molecule has 37 heavy (non-hydrogen) atoms. The van der Waals surface area contributed by atoms with Crippen LogP contribution in [0.2, 0.25) is 0 Å². The van der Waals surface area contributed by atoms with Crippen molar-refractivity contribution in [2.45, 2.75) is 30.8 Å². The third-order valence-electron chi connectivity index (χ3n) is 5.94. The van der Waals surface area contributed by atoms with Gasteiger partial charge in [-0.15, -0.1) is 10.2 Å². The van der Waals surface area contributed by atoms with E-state index in [4.69, 9.17) is 14.2 Å². The van der Waals surface area contributed by atoms with Gasteiger partial charge in [-0.05, 0) is 19.1 Å². The minimum atomic E-state index is -3.78. The first kappa shape index (κ1) is 25.9. The van der Waals surface area contributed by atoms with Gasteiger partial charge in [-0.25, -0.2) is 13.4 Å². The number of methoxy groups -OCH3 is 3. The summed E-state index contributed by atoms with van der Waals surface area (Å²) in [6.45, 7) is 3.41. The minimum Gasteiger partial charge on any atom is -0.480 e. The third-order valence-corrected chi connectivity index (χ3v) is 8.14. The van der Waals surface area contributed by atoms with Crippen LogP contribution >= 0.6 is 0 Å². The highest BCUT2D eigenvalue weighted by Crippen LogP contribution is 2.34. The van der Waals surface area contributed by atoms with Crippen molar-refractivity contribution < 1.29 is 22.6 Å². The van der Waals surface area contributed by atoms with Crippen LogP contribution in [0.25, 0.3) is 17.1 Å². The molecule has 0 saturated carbocycles. The molecule has 4 aromatic heterocycles. The van der Waals surface area contributed by atoms with Crippen LogP contribution in [-0.4, -0.2) is 74.7 Å². The van der Waals surface area contributed by atoms with Gasteiger partial charge in [0.05, 0.1) is 44.7 Å². The molecule has 0 amide bonds. The van der Waals surface area contributed by atoms with Crippen molar-refractivity contribution >= 4 is 9.84 Å². The first-order valence-corrected chi connectivity index (χ1v) is 12.9. The summed E-state index contributed by atoms with van der Waals surface area (Å²) >= 11 is 0. The predicted octanol–water partition coefficient (Wildman–Crippen LogP) is 2.04. The zero-order valence-corrected chi connectivity index (χ0v) is 21.7. The van der Waals surface area contributed by atoms with Crippen LogP contribution in [-0.2, 0) is 15.6 Å². The topological polar surface area (TPSA) is 157 Å². The van der Waals surface area contributed by atoms with Gasteiger partial charge in [0, 0.05) is 23.9 Å². The highest BCUT2D eigenvalue weighted by Gasteiger charge is 2.33. The molecule has 0 aliphatic rings. The Balaban J connectivity index is 1.79. The maximum absolute atomic E-state index is 13.6. The average Bonchev–Trinajstić information content (AvgIpc) is 3.34. The second-order valence-corrected chi connectivity index (χ2v) is 10.4. The van der Waals surface area contributed by atoms with E-state index in [9.17, 15) is 8.42 Å². The normalized spacial score (nSPS) is 13.1. The van der Waals surface area contributed by atoms with Crippen LogP contribution in [0.4, 0.5) is 0 Å². The summed E-state index contributed by atoms with van der Waals surface area (Å²) in [5, 5.41) is 7.70. The molecule has 13 nitrogen and oxygen atoms in total. The lowest BCUT2D eigenvalue weighted by Gasteiger charge is -2.20. The van der Waals surface area contributed by atoms with E-state index in [1.54, 1.807) is 38.4 Å². The number of hydrogen-bond acceptors (Lipinski definition) is 12. The molecule has 4 aromatic rings. The Labute approximate surface area is 213 Å². The first-order chi connectivity index (χ1) is 17.8. The Kier molecular flexibility index (Phi) is 7.57. The SMILES string of the molecule is COc1cnc([C@@H](C)[C@H](C)S(=O)(=O)Cc2nnc(-c3cccnc3)n2-c2c(OC)ncnc2OC)cn1. The standard InChI is InChI=1S/C23H26N8O5S/c1-14(17-10-26-19(34-3)11-25-17)15(2)37(32,33)12-18-29-30-21(16-7-6-8-24-9-16)31(18)20-22(35-4)27-13-28-23(20)36-5/h6-11,13-15H,12H2,1-5H3/t14-,15-/m0/s1. The van der Waals surface area contributed by atoms with E-state index in [2.05, 4.69) is 35.1 Å².